The lowest BCUT2D eigenvalue weighted by Gasteiger charge is -2.52. The Balaban J connectivity index is 1.46. The number of ether oxygens (including phenoxy) is 1. The molecule has 0 aliphatic heterocycles. The third-order valence-corrected chi connectivity index (χ3v) is 15.9. The Morgan fingerprint density at radius 2 is 1.77 bits per heavy atom. The molecule has 3 unspecified atom stereocenters. The summed E-state index contributed by atoms with van der Waals surface area (Å²) in [5.41, 5.74) is 2.77. The van der Waals surface area contributed by atoms with Crippen LogP contribution in [0.2, 0.25) is 18.1 Å². The molecule has 2 fully saturated rings. The van der Waals surface area contributed by atoms with Gasteiger partial charge in [0.05, 0.1) is 16.6 Å². The van der Waals surface area contributed by atoms with E-state index in [0.29, 0.717) is 29.1 Å². The van der Waals surface area contributed by atoms with E-state index in [1.807, 2.05) is 6.07 Å². The molecule has 0 aromatic heterocycles. The third-order valence-electron chi connectivity index (χ3n) is 10.5. The molecule has 6 atom stereocenters. The third kappa shape index (κ3) is 5.14. The van der Waals surface area contributed by atoms with E-state index in [-0.39, 0.29) is 21.5 Å². The van der Waals surface area contributed by atoms with Crippen molar-refractivity contribution in [2.24, 2.45) is 22.4 Å². The Kier molecular flexibility index (Phi) is 7.30. The number of benzene rings is 2. The van der Waals surface area contributed by atoms with Gasteiger partial charge in [-0.1, -0.05) is 33.8 Å². The van der Waals surface area contributed by atoms with Crippen molar-refractivity contribution in [1.29, 1.82) is 0 Å². The summed E-state index contributed by atoms with van der Waals surface area (Å²) in [7, 11) is -6.05. The Morgan fingerprint density at radius 1 is 1.10 bits per heavy atom. The zero-order valence-electron chi connectivity index (χ0n) is 24.4. The van der Waals surface area contributed by atoms with E-state index in [4.69, 9.17) is 14.3 Å². The van der Waals surface area contributed by atoms with Crippen LogP contribution in [0.5, 0.6) is 5.75 Å². The summed E-state index contributed by atoms with van der Waals surface area (Å²) in [6, 6.07) is 11.4. The molecule has 3 N–H and O–H groups in total. The fourth-order valence-electron chi connectivity index (χ4n) is 7.31. The number of hydrogen-bond acceptors (Lipinski definition) is 6. The second-order valence-electron chi connectivity index (χ2n) is 13.9. The number of aryl methyl sites for hydroxylation is 1. The topological polar surface area (TPSA) is 116 Å². The molecule has 40 heavy (non-hydrogen) atoms. The van der Waals surface area contributed by atoms with E-state index in [9.17, 15) is 18.3 Å². The number of primary sulfonamides is 1. The van der Waals surface area contributed by atoms with Crippen LogP contribution >= 0.6 is 0 Å². The summed E-state index contributed by atoms with van der Waals surface area (Å²) in [5, 5.41) is 15.3. The van der Waals surface area contributed by atoms with E-state index in [0.717, 1.165) is 32.1 Å². The number of phenolic OH excluding ortho intramolecular Hbond substituents is 1. The van der Waals surface area contributed by atoms with Crippen LogP contribution in [0.4, 0.5) is 0 Å². The van der Waals surface area contributed by atoms with Crippen molar-refractivity contribution in [2.75, 3.05) is 0 Å². The lowest BCUT2D eigenvalue weighted by Crippen LogP contribution is -2.53. The van der Waals surface area contributed by atoms with Gasteiger partial charge < -0.3 is 14.3 Å². The van der Waals surface area contributed by atoms with Gasteiger partial charge in [-0.25, -0.2) is 18.4 Å². The fraction of sp³-hybridized carbons (Fsp3) is 0.581. The van der Waals surface area contributed by atoms with Gasteiger partial charge in [-0.2, -0.15) is 0 Å². The van der Waals surface area contributed by atoms with Crippen molar-refractivity contribution in [3.63, 3.8) is 0 Å². The zero-order chi connectivity index (χ0) is 29.3. The van der Waals surface area contributed by atoms with Gasteiger partial charge in [0.25, 0.3) is 0 Å². The number of carbonyl (C=O) groups excluding carboxylic acids is 1. The number of esters is 1. The number of sulfonamides is 1. The molecule has 2 aromatic rings. The number of carbonyl (C=O) groups is 1. The minimum absolute atomic E-state index is 0.00251. The molecular formula is C31H43NO6SSi. The van der Waals surface area contributed by atoms with E-state index in [1.54, 1.807) is 6.07 Å². The molecule has 2 saturated carbocycles. The molecule has 0 heterocycles. The first-order chi connectivity index (χ1) is 18.5. The summed E-state index contributed by atoms with van der Waals surface area (Å²) in [5.74, 6) is 1.07. The van der Waals surface area contributed by atoms with Crippen molar-refractivity contribution >= 4 is 24.3 Å². The summed E-state index contributed by atoms with van der Waals surface area (Å²) < 4.78 is 36.8. The highest BCUT2D eigenvalue weighted by atomic mass is 32.2. The first-order valence-electron chi connectivity index (χ1n) is 14.3. The molecule has 9 heteroatoms. The van der Waals surface area contributed by atoms with Gasteiger partial charge in [0.1, 0.15) is 11.9 Å². The average Bonchev–Trinajstić information content (AvgIpc) is 3.13. The molecular weight excluding hydrogens is 542 g/mol. The van der Waals surface area contributed by atoms with Gasteiger partial charge in [0.15, 0.2) is 8.32 Å². The minimum atomic E-state index is -3.85. The van der Waals surface area contributed by atoms with Gasteiger partial charge in [0, 0.05) is 0 Å². The highest BCUT2D eigenvalue weighted by molar-refractivity contribution is 7.89. The fourth-order valence-corrected chi connectivity index (χ4v) is 9.24. The largest absolute Gasteiger partial charge is 0.508 e. The first-order valence-corrected chi connectivity index (χ1v) is 18.8. The van der Waals surface area contributed by atoms with Crippen LogP contribution in [-0.2, 0) is 25.6 Å². The maximum absolute atomic E-state index is 13.4. The molecule has 0 radical (unpaired) electrons. The summed E-state index contributed by atoms with van der Waals surface area (Å²) in [6.07, 6.45) is 4.14. The smallest absolute Gasteiger partial charge is 0.338 e. The maximum atomic E-state index is 13.4. The van der Waals surface area contributed by atoms with Crippen molar-refractivity contribution < 1.29 is 27.5 Å². The predicted molar refractivity (Wildman–Crippen MR) is 157 cm³/mol. The van der Waals surface area contributed by atoms with E-state index >= 15 is 0 Å². The highest BCUT2D eigenvalue weighted by Crippen LogP contribution is 2.63. The molecule has 5 rings (SSSR count). The molecule has 7 nitrogen and oxygen atoms in total. The second-order valence-corrected chi connectivity index (χ2v) is 20.2. The standard InChI is InChI=1S/C31H43NO6SSi/c1-30(2,3)40(5,6)38-28-27(37-29(34)19-7-11-22(12-8-19)39(32,35)36)18-26-25-13-9-20-17-21(33)10-14-23(20)24(25)15-16-31(26,28)4/h7-8,10-12,14,17,24-28,33H,9,13,15-16,18H2,1-6H3,(H2,32,35,36)/t24?,25?,26?,27-,28+,31+/m1/s1. The number of nitrogens with two attached hydrogens (primary N) is 1. The molecule has 0 bridgehead atoms. The van der Waals surface area contributed by atoms with Crippen molar-refractivity contribution in [1.82, 2.24) is 0 Å². The van der Waals surface area contributed by atoms with Crippen LogP contribution in [0, 0.1) is 17.3 Å². The monoisotopic (exact) mass is 585 g/mol. The Labute approximate surface area is 239 Å². The molecule has 3 aliphatic rings. The molecule has 0 saturated heterocycles. The maximum Gasteiger partial charge on any atom is 0.338 e. The minimum Gasteiger partial charge on any atom is -0.508 e. The van der Waals surface area contributed by atoms with Gasteiger partial charge in [0.2, 0.25) is 10.0 Å². The van der Waals surface area contributed by atoms with Gasteiger partial charge >= 0.3 is 5.97 Å². The van der Waals surface area contributed by atoms with Gasteiger partial charge in [-0.15, -0.1) is 0 Å². The molecule has 0 spiro atoms. The van der Waals surface area contributed by atoms with Crippen LogP contribution in [-0.4, -0.2) is 40.0 Å². The average molecular weight is 586 g/mol. The number of hydrogen-bond donors (Lipinski definition) is 2. The lowest BCUT2D eigenvalue weighted by atomic mass is 9.55. The molecule has 2 aromatic carbocycles. The number of phenols is 1. The van der Waals surface area contributed by atoms with Gasteiger partial charge in [-0.3, -0.25) is 0 Å². The Morgan fingerprint density at radius 3 is 2.40 bits per heavy atom. The lowest BCUT2D eigenvalue weighted by molar-refractivity contribution is -0.0511. The van der Waals surface area contributed by atoms with Crippen molar-refractivity contribution in [2.45, 2.75) is 101 Å². The first kappa shape index (κ1) is 29.3. The van der Waals surface area contributed by atoms with Crippen LogP contribution < -0.4 is 5.14 Å². The van der Waals surface area contributed by atoms with E-state index in [1.165, 1.54) is 35.4 Å². The highest BCUT2D eigenvalue weighted by Gasteiger charge is 2.61. The zero-order valence-corrected chi connectivity index (χ0v) is 26.3. The van der Waals surface area contributed by atoms with Crippen molar-refractivity contribution in [3.05, 3.63) is 59.2 Å². The molecule has 218 valence electrons. The SMILES string of the molecule is CC(C)(C)[Si](C)(C)O[C@H]1[C@H](OC(=O)c2ccc(S(N)(=O)=O)cc2)CC2C3CCc4cc(O)ccc4C3CC[C@@]21C. The van der Waals surface area contributed by atoms with Crippen LogP contribution in [0.25, 0.3) is 0 Å². The number of rotatable bonds is 5. The normalized spacial score (nSPS) is 30.2. The van der Waals surface area contributed by atoms with Crippen LogP contribution in [0.3, 0.4) is 0 Å². The Bertz CT molecular complexity index is 1400. The van der Waals surface area contributed by atoms with Crippen LogP contribution in [0.15, 0.2) is 47.4 Å². The second kappa shape index (κ2) is 9.96. The predicted octanol–water partition coefficient (Wildman–Crippen LogP) is 6.12. The summed E-state index contributed by atoms with van der Waals surface area (Å²) >= 11 is 0. The van der Waals surface area contributed by atoms with Crippen molar-refractivity contribution in [3.8, 4) is 5.75 Å². The van der Waals surface area contributed by atoms with E-state index in [2.05, 4.69) is 46.9 Å². The molecule has 0 amide bonds. The number of fused-ring (bicyclic) bond motifs is 5. The van der Waals surface area contributed by atoms with Crippen LogP contribution in [0.1, 0.15) is 80.8 Å². The quantitative estimate of drug-likeness (QED) is 0.323. The number of aromatic hydroxyl groups is 1. The molecule has 3 aliphatic carbocycles. The summed E-state index contributed by atoms with van der Waals surface area (Å²) in [6.45, 7) is 13.5. The Hall–Kier alpha value is -2.20. The summed E-state index contributed by atoms with van der Waals surface area (Å²) in [4.78, 5) is 13.3. The van der Waals surface area contributed by atoms with E-state index < -0.39 is 30.4 Å². The van der Waals surface area contributed by atoms with Gasteiger partial charge in [-0.05, 0) is 121 Å².